The van der Waals surface area contributed by atoms with E-state index >= 15 is 0 Å². The zero-order valence-corrected chi connectivity index (χ0v) is 18.0. The lowest BCUT2D eigenvalue weighted by Crippen LogP contribution is -2.44. The molecule has 0 spiro atoms. The second-order valence-corrected chi connectivity index (χ2v) is 9.48. The Morgan fingerprint density at radius 2 is 1.97 bits per heavy atom. The second-order valence-electron chi connectivity index (χ2n) is 9.48. The molecule has 0 aliphatic carbocycles. The molecule has 2 aliphatic rings. The van der Waals surface area contributed by atoms with Crippen molar-refractivity contribution in [1.29, 1.82) is 0 Å². The van der Waals surface area contributed by atoms with Gasteiger partial charge in [0.25, 0.3) is 5.91 Å². The van der Waals surface area contributed by atoms with Crippen molar-refractivity contribution < 1.29 is 18.0 Å². The van der Waals surface area contributed by atoms with Gasteiger partial charge in [-0.15, -0.1) is 0 Å². The quantitative estimate of drug-likeness (QED) is 0.723. The third kappa shape index (κ3) is 4.27. The van der Waals surface area contributed by atoms with Crippen LogP contribution in [0.4, 0.5) is 19.0 Å². The number of anilines is 1. The lowest BCUT2D eigenvalue weighted by atomic mass is 9.82. The monoisotopic (exact) mass is 435 g/mol. The van der Waals surface area contributed by atoms with Gasteiger partial charge in [-0.2, -0.15) is 18.3 Å². The molecule has 168 valence electrons. The molecule has 1 amide bonds. The van der Waals surface area contributed by atoms with Crippen LogP contribution in [-0.2, 0) is 0 Å². The first-order chi connectivity index (χ1) is 14.6. The highest BCUT2D eigenvalue weighted by Crippen LogP contribution is 2.44. The predicted octanol–water partition coefficient (Wildman–Crippen LogP) is 4.98. The summed E-state index contributed by atoms with van der Waals surface area (Å²) in [5.41, 5.74) is 0.484. The fourth-order valence-electron chi connectivity index (χ4n) is 4.44. The molecule has 0 radical (unpaired) electrons. The number of halogens is 3. The Kier molecular flexibility index (Phi) is 5.47. The number of rotatable bonds is 2. The summed E-state index contributed by atoms with van der Waals surface area (Å²) in [6.45, 7) is 6.32. The zero-order valence-electron chi connectivity index (χ0n) is 18.0. The molecule has 0 saturated carbocycles. The molecule has 0 aromatic carbocycles. The largest absolute Gasteiger partial charge is 0.410 e. The third-order valence-electron chi connectivity index (χ3n) is 6.24. The smallest absolute Gasteiger partial charge is 0.367 e. The van der Waals surface area contributed by atoms with Crippen molar-refractivity contribution in [2.24, 2.45) is 5.41 Å². The number of pyridine rings is 1. The lowest BCUT2D eigenvalue weighted by molar-refractivity contribution is -0.175. The number of hydrogen-bond donors (Lipinski definition) is 1. The molecule has 2 aliphatic heterocycles. The van der Waals surface area contributed by atoms with Gasteiger partial charge in [0.2, 0.25) is 0 Å². The van der Waals surface area contributed by atoms with Crippen LogP contribution in [0.1, 0.15) is 74.7 Å². The molecule has 0 unspecified atom stereocenters. The van der Waals surface area contributed by atoms with Crippen molar-refractivity contribution in [2.45, 2.75) is 70.8 Å². The Morgan fingerprint density at radius 1 is 1.19 bits per heavy atom. The van der Waals surface area contributed by atoms with Crippen molar-refractivity contribution in [3.63, 3.8) is 0 Å². The topological polar surface area (TPSA) is 63.1 Å². The van der Waals surface area contributed by atoms with Crippen LogP contribution in [0.5, 0.6) is 0 Å². The summed E-state index contributed by atoms with van der Waals surface area (Å²) in [5, 5.41) is 7.64. The maximum absolute atomic E-state index is 13.9. The first-order valence-corrected chi connectivity index (χ1v) is 10.7. The maximum Gasteiger partial charge on any atom is 0.410 e. The van der Waals surface area contributed by atoms with Crippen LogP contribution in [-0.4, -0.2) is 44.3 Å². The number of fused-ring (bicyclic) bond motifs is 1. The van der Waals surface area contributed by atoms with Crippen LogP contribution in [0, 0.1) is 5.41 Å². The normalized spacial score (nSPS) is 24.5. The van der Waals surface area contributed by atoms with E-state index in [1.165, 1.54) is 0 Å². The third-order valence-corrected chi connectivity index (χ3v) is 6.24. The fourth-order valence-corrected chi connectivity index (χ4v) is 4.44. The van der Waals surface area contributed by atoms with Crippen molar-refractivity contribution in [2.75, 3.05) is 11.9 Å². The molecule has 3 atom stereocenters. The summed E-state index contributed by atoms with van der Waals surface area (Å²) in [6.07, 6.45) is -0.528. The highest BCUT2D eigenvalue weighted by Gasteiger charge is 2.48. The Hall–Kier alpha value is -2.58. The molecule has 4 heterocycles. The van der Waals surface area contributed by atoms with Gasteiger partial charge in [0, 0.05) is 24.8 Å². The summed E-state index contributed by atoms with van der Waals surface area (Å²) in [4.78, 5) is 18.9. The molecule has 0 bridgehead atoms. The van der Waals surface area contributed by atoms with Crippen LogP contribution in [0.2, 0.25) is 0 Å². The minimum absolute atomic E-state index is 0.0810. The summed E-state index contributed by atoms with van der Waals surface area (Å²) in [7, 11) is 0. The highest BCUT2D eigenvalue weighted by molar-refractivity contribution is 5.92. The van der Waals surface area contributed by atoms with E-state index in [0.717, 1.165) is 17.5 Å². The minimum Gasteiger partial charge on any atom is -0.367 e. The van der Waals surface area contributed by atoms with Crippen molar-refractivity contribution in [3.8, 4) is 0 Å². The minimum atomic E-state index is -4.40. The summed E-state index contributed by atoms with van der Waals surface area (Å²) < 4.78 is 42.8. The molecule has 6 nitrogen and oxygen atoms in total. The van der Waals surface area contributed by atoms with Crippen LogP contribution in [0.25, 0.3) is 0 Å². The van der Waals surface area contributed by atoms with E-state index in [2.05, 4.69) is 15.4 Å². The van der Waals surface area contributed by atoms with E-state index in [4.69, 9.17) is 0 Å². The van der Waals surface area contributed by atoms with Crippen LogP contribution in [0.3, 0.4) is 0 Å². The SMILES string of the molecule is CC(C)(C)[C@@H]1C[C@H](C(F)(F)F)n2nc([C@H]3CCCCN3C(=O)c3ccccn3)cc2N1. The molecule has 1 saturated heterocycles. The summed E-state index contributed by atoms with van der Waals surface area (Å²) in [6, 6.07) is 4.43. The van der Waals surface area contributed by atoms with E-state index in [1.54, 1.807) is 35.4 Å². The highest BCUT2D eigenvalue weighted by atomic mass is 19.4. The van der Waals surface area contributed by atoms with Crippen molar-refractivity contribution in [1.82, 2.24) is 19.7 Å². The number of hydrogen-bond acceptors (Lipinski definition) is 4. The number of nitrogens with one attached hydrogen (secondary N) is 1. The van der Waals surface area contributed by atoms with Crippen molar-refractivity contribution >= 4 is 11.7 Å². The van der Waals surface area contributed by atoms with Gasteiger partial charge < -0.3 is 10.2 Å². The average molecular weight is 435 g/mol. The number of aromatic nitrogens is 3. The van der Waals surface area contributed by atoms with E-state index in [0.29, 0.717) is 30.2 Å². The molecule has 1 N–H and O–H groups in total. The molecule has 2 aromatic rings. The van der Waals surface area contributed by atoms with Crippen LogP contribution in [0.15, 0.2) is 30.5 Å². The summed E-state index contributed by atoms with van der Waals surface area (Å²) in [5.74, 6) is 0.142. The first-order valence-electron chi connectivity index (χ1n) is 10.7. The predicted molar refractivity (Wildman–Crippen MR) is 111 cm³/mol. The van der Waals surface area contributed by atoms with Gasteiger partial charge in [0.1, 0.15) is 11.5 Å². The molecule has 31 heavy (non-hydrogen) atoms. The molecule has 9 heteroatoms. The number of piperidine rings is 1. The number of carbonyl (C=O) groups is 1. The summed E-state index contributed by atoms with van der Waals surface area (Å²) >= 11 is 0. The van der Waals surface area contributed by atoms with Crippen LogP contribution < -0.4 is 5.32 Å². The van der Waals surface area contributed by atoms with Gasteiger partial charge in [-0.25, -0.2) is 4.68 Å². The molecular formula is C22H28F3N5O. The van der Waals surface area contributed by atoms with Crippen LogP contribution >= 0.6 is 0 Å². The number of nitrogens with zero attached hydrogens (tertiary/aromatic N) is 4. The zero-order chi connectivity index (χ0) is 22.4. The second kappa shape index (κ2) is 7.84. The van der Waals surface area contributed by atoms with Gasteiger partial charge in [0.15, 0.2) is 6.04 Å². The van der Waals surface area contributed by atoms with E-state index in [-0.39, 0.29) is 29.8 Å². The van der Waals surface area contributed by atoms with E-state index < -0.39 is 12.2 Å². The van der Waals surface area contributed by atoms with E-state index in [9.17, 15) is 18.0 Å². The molecule has 4 rings (SSSR count). The molecular weight excluding hydrogens is 407 g/mol. The average Bonchev–Trinajstić information content (AvgIpc) is 3.16. The maximum atomic E-state index is 13.9. The van der Waals surface area contributed by atoms with Gasteiger partial charge in [-0.3, -0.25) is 9.78 Å². The van der Waals surface area contributed by atoms with Crippen molar-refractivity contribution in [3.05, 3.63) is 41.9 Å². The molecule has 2 aromatic heterocycles. The van der Waals surface area contributed by atoms with Gasteiger partial charge >= 0.3 is 6.18 Å². The standard InChI is InChI=1S/C22H28F3N5O/c1-21(2,3)17-13-18(22(23,24)25)30-19(27-17)12-15(28-30)16-9-5-7-11-29(16)20(31)14-8-4-6-10-26-14/h4,6,8,10,12,16-18,27H,5,7,9,11,13H2,1-3H3/t16-,17+,18-/m1/s1. The van der Waals surface area contributed by atoms with Gasteiger partial charge in [-0.1, -0.05) is 26.8 Å². The Bertz CT molecular complexity index is 935. The molecule has 1 fully saturated rings. The van der Waals surface area contributed by atoms with E-state index in [1.807, 2.05) is 20.8 Å². The Morgan fingerprint density at radius 3 is 2.61 bits per heavy atom. The fraction of sp³-hybridized carbons (Fsp3) is 0.591. The van der Waals surface area contributed by atoms with Gasteiger partial charge in [0.05, 0.1) is 11.7 Å². The number of alkyl halides is 3. The number of amides is 1. The lowest BCUT2D eigenvalue weighted by Gasteiger charge is -2.39. The Labute approximate surface area is 179 Å². The Balaban J connectivity index is 1.69. The number of likely N-dealkylation sites (tertiary alicyclic amines) is 1. The first kappa shape index (κ1) is 21.6. The van der Waals surface area contributed by atoms with Gasteiger partial charge in [-0.05, 0) is 43.2 Å². The number of carbonyl (C=O) groups excluding carboxylic acids is 1.